The van der Waals surface area contributed by atoms with Crippen LogP contribution in [-0.2, 0) is 4.79 Å². The molecular weight excluding hydrogens is 224 g/mol. The fourth-order valence-electron chi connectivity index (χ4n) is 1.05. The molecule has 1 rings (SSSR count). The lowest BCUT2D eigenvalue weighted by Crippen LogP contribution is -2.19. The van der Waals surface area contributed by atoms with Crippen molar-refractivity contribution < 1.29 is 14.8 Å². The smallest absolute Gasteiger partial charge is 0.270 e. The largest absolute Gasteiger partial charge is 0.507 e. The van der Waals surface area contributed by atoms with Crippen LogP contribution in [0.2, 0.25) is 0 Å². The molecule has 2 N–H and O–H groups in total. The van der Waals surface area contributed by atoms with Crippen LogP contribution >= 0.6 is 0 Å². The molecule has 0 fully saturated rings. The van der Waals surface area contributed by atoms with Crippen LogP contribution in [0, 0.1) is 22.0 Å². The van der Waals surface area contributed by atoms with Crippen molar-refractivity contribution in [1.82, 2.24) is 5.32 Å². The minimum Gasteiger partial charge on any atom is -0.507 e. The van der Waals surface area contributed by atoms with E-state index in [9.17, 15) is 20.0 Å². The number of phenolic OH excluding ortho intramolecular Hbond substituents is 1. The van der Waals surface area contributed by atoms with E-state index in [-0.39, 0.29) is 29.5 Å². The van der Waals surface area contributed by atoms with E-state index in [1.54, 1.807) is 0 Å². The lowest BCUT2D eigenvalue weighted by atomic mass is 10.2. The van der Waals surface area contributed by atoms with Gasteiger partial charge in [-0.3, -0.25) is 14.9 Å². The first-order valence-electron chi connectivity index (χ1n) is 4.71. The number of nitro benzene ring substituents is 1. The van der Waals surface area contributed by atoms with Crippen LogP contribution in [0.4, 0.5) is 5.69 Å². The van der Waals surface area contributed by atoms with E-state index in [1.807, 2.05) is 0 Å². The van der Waals surface area contributed by atoms with E-state index in [2.05, 4.69) is 17.2 Å². The van der Waals surface area contributed by atoms with Gasteiger partial charge < -0.3 is 10.4 Å². The number of phenols is 1. The third-order valence-corrected chi connectivity index (χ3v) is 1.84. The normalized spacial score (nSPS) is 9.00. The van der Waals surface area contributed by atoms with Crippen molar-refractivity contribution in [3.63, 3.8) is 0 Å². The number of nitrogens with zero attached hydrogens (tertiary/aromatic N) is 1. The van der Waals surface area contributed by atoms with Gasteiger partial charge in [-0.1, -0.05) is 11.8 Å². The van der Waals surface area contributed by atoms with Crippen molar-refractivity contribution in [2.45, 2.75) is 6.92 Å². The monoisotopic (exact) mass is 234 g/mol. The highest BCUT2D eigenvalue weighted by molar-refractivity contribution is 5.73. The number of amides is 1. The maximum Gasteiger partial charge on any atom is 0.270 e. The van der Waals surface area contributed by atoms with E-state index >= 15 is 0 Å². The van der Waals surface area contributed by atoms with E-state index in [4.69, 9.17) is 0 Å². The molecular formula is C11H10N2O4. The predicted octanol–water partition coefficient (Wildman–Crippen LogP) is 0.788. The molecule has 0 radical (unpaired) electrons. The summed E-state index contributed by atoms with van der Waals surface area (Å²) in [5.74, 6) is 4.77. The maximum atomic E-state index is 10.5. The van der Waals surface area contributed by atoms with Gasteiger partial charge in [0.15, 0.2) is 0 Å². The molecule has 6 nitrogen and oxygen atoms in total. The molecule has 0 spiro atoms. The van der Waals surface area contributed by atoms with Gasteiger partial charge in [0.05, 0.1) is 17.0 Å². The lowest BCUT2D eigenvalue weighted by molar-refractivity contribution is -0.384. The molecule has 0 atom stereocenters. The van der Waals surface area contributed by atoms with Gasteiger partial charge in [-0.25, -0.2) is 0 Å². The van der Waals surface area contributed by atoms with Crippen LogP contribution in [0.3, 0.4) is 0 Å². The Morgan fingerprint density at radius 3 is 2.88 bits per heavy atom. The molecule has 6 heteroatoms. The second-order valence-electron chi connectivity index (χ2n) is 3.17. The van der Waals surface area contributed by atoms with Gasteiger partial charge in [0.25, 0.3) is 5.69 Å². The molecule has 1 amide bonds. The topological polar surface area (TPSA) is 92.5 Å². The zero-order chi connectivity index (χ0) is 12.8. The second-order valence-corrected chi connectivity index (χ2v) is 3.17. The first-order valence-corrected chi connectivity index (χ1v) is 4.71. The van der Waals surface area contributed by atoms with Gasteiger partial charge in [0.2, 0.25) is 5.91 Å². The number of hydrogen-bond acceptors (Lipinski definition) is 4. The Hall–Kier alpha value is -2.55. The molecule has 0 aliphatic carbocycles. The quantitative estimate of drug-likeness (QED) is 0.449. The number of benzene rings is 1. The molecule has 17 heavy (non-hydrogen) atoms. The first-order chi connectivity index (χ1) is 8.00. The van der Waals surface area contributed by atoms with Crippen LogP contribution in [0.25, 0.3) is 0 Å². The molecule has 0 aromatic heterocycles. The van der Waals surface area contributed by atoms with Gasteiger partial charge in [-0.15, -0.1) is 0 Å². The number of carbonyl (C=O) groups excluding carboxylic acids is 1. The number of carbonyl (C=O) groups is 1. The Morgan fingerprint density at radius 2 is 2.29 bits per heavy atom. The fourth-order valence-corrected chi connectivity index (χ4v) is 1.05. The number of nitrogens with one attached hydrogen (secondary N) is 1. The van der Waals surface area contributed by atoms with Gasteiger partial charge >= 0.3 is 0 Å². The summed E-state index contributed by atoms with van der Waals surface area (Å²) < 4.78 is 0. The number of hydrogen-bond donors (Lipinski definition) is 2. The van der Waals surface area contributed by atoms with Crippen LogP contribution < -0.4 is 5.32 Å². The fraction of sp³-hybridized carbons (Fsp3) is 0.182. The first kappa shape index (κ1) is 12.5. The van der Waals surface area contributed by atoms with Crippen molar-refractivity contribution in [3.8, 4) is 17.6 Å². The zero-order valence-corrected chi connectivity index (χ0v) is 9.06. The molecule has 0 aliphatic rings. The average Bonchev–Trinajstić information content (AvgIpc) is 2.25. The summed E-state index contributed by atoms with van der Waals surface area (Å²) in [6, 6.07) is 3.57. The van der Waals surface area contributed by atoms with Crippen molar-refractivity contribution in [1.29, 1.82) is 0 Å². The van der Waals surface area contributed by atoms with E-state index in [0.717, 1.165) is 0 Å². The Balaban J connectivity index is 2.86. The molecule has 0 unspecified atom stereocenters. The minimum atomic E-state index is -0.571. The summed E-state index contributed by atoms with van der Waals surface area (Å²) >= 11 is 0. The summed E-state index contributed by atoms with van der Waals surface area (Å²) in [5, 5.41) is 22.4. The van der Waals surface area contributed by atoms with Crippen molar-refractivity contribution >= 4 is 11.6 Å². The van der Waals surface area contributed by atoms with Crippen LogP contribution in [0.15, 0.2) is 18.2 Å². The highest BCUT2D eigenvalue weighted by atomic mass is 16.6. The molecule has 88 valence electrons. The van der Waals surface area contributed by atoms with Gasteiger partial charge in [-0.2, -0.15) is 0 Å². The van der Waals surface area contributed by atoms with Crippen LogP contribution in [-0.4, -0.2) is 22.5 Å². The lowest BCUT2D eigenvalue weighted by Gasteiger charge is -1.96. The molecule has 0 aliphatic heterocycles. The third kappa shape index (κ3) is 3.83. The average molecular weight is 234 g/mol. The molecule has 0 saturated carbocycles. The summed E-state index contributed by atoms with van der Waals surface area (Å²) in [4.78, 5) is 20.5. The highest BCUT2D eigenvalue weighted by Crippen LogP contribution is 2.21. The molecule has 0 bridgehead atoms. The van der Waals surface area contributed by atoms with E-state index in [0.29, 0.717) is 0 Å². The maximum absolute atomic E-state index is 10.5. The number of aromatic hydroxyl groups is 1. The van der Waals surface area contributed by atoms with Crippen LogP contribution in [0.1, 0.15) is 12.5 Å². The Morgan fingerprint density at radius 1 is 1.59 bits per heavy atom. The van der Waals surface area contributed by atoms with E-state index < -0.39 is 4.92 Å². The summed E-state index contributed by atoms with van der Waals surface area (Å²) in [6.45, 7) is 1.48. The van der Waals surface area contributed by atoms with Crippen molar-refractivity contribution in [3.05, 3.63) is 33.9 Å². The Labute approximate surface area is 97.4 Å². The number of rotatable bonds is 2. The molecule has 1 aromatic carbocycles. The van der Waals surface area contributed by atoms with Crippen molar-refractivity contribution in [2.24, 2.45) is 0 Å². The standard InChI is InChI=1S/C11H10N2O4/c1-8(14)12-6-2-3-9-7-10(13(16)17)4-5-11(9)15/h4-5,7,15H,6H2,1H3,(H,12,14). The zero-order valence-electron chi connectivity index (χ0n) is 9.06. The molecule has 1 aromatic rings. The number of nitro groups is 1. The molecule has 0 saturated heterocycles. The third-order valence-electron chi connectivity index (χ3n) is 1.84. The van der Waals surface area contributed by atoms with Gasteiger partial charge in [-0.05, 0) is 6.07 Å². The summed E-state index contributed by atoms with van der Waals surface area (Å²) in [5.41, 5.74) is 0.0104. The van der Waals surface area contributed by atoms with Gasteiger partial charge in [0, 0.05) is 19.1 Å². The second kappa shape index (κ2) is 5.51. The highest BCUT2D eigenvalue weighted by Gasteiger charge is 2.08. The van der Waals surface area contributed by atoms with E-state index in [1.165, 1.54) is 25.1 Å². The van der Waals surface area contributed by atoms with Gasteiger partial charge in [0.1, 0.15) is 5.75 Å². The predicted molar refractivity (Wildman–Crippen MR) is 60.3 cm³/mol. The number of non-ortho nitro benzene ring substituents is 1. The SMILES string of the molecule is CC(=O)NCC#Cc1cc([N+](=O)[O-])ccc1O. The Kier molecular flexibility index (Phi) is 4.06. The minimum absolute atomic E-state index is 0.122. The summed E-state index contributed by atoms with van der Waals surface area (Å²) in [7, 11) is 0. The van der Waals surface area contributed by atoms with Crippen LogP contribution in [0.5, 0.6) is 5.75 Å². The molecule has 0 heterocycles. The van der Waals surface area contributed by atoms with Crippen molar-refractivity contribution in [2.75, 3.05) is 6.54 Å². The summed E-state index contributed by atoms with van der Waals surface area (Å²) in [6.07, 6.45) is 0. The Bertz CT molecular complexity index is 514.